The summed E-state index contributed by atoms with van der Waals surface area (Å²) in [6.45, 7) is 1.52. The quantitative estimate of drug-likeness (QED) is 0.840. The Morgan fingerprint density at radius 1 is 0.864 bits per heavy atom. The van der Waals surface area contributed by atoms with Crippen LogP contribution >= 0.6 is 0 Å². The monoisotopic (exact) mass is 294 g/mol. The van der Waals surface area contributed by atoms with Crippen LogP contribution in [0.15, 0.2) is 42.5 Å². The average Bonchev–Trinajstić information content (AvgIpc) is 2.95. The molecule has 0 unspecified atom stereocenters. The minimum absolute atomic E-state index is 0.00847. The van der Waals surface area contributed by atoms with Gasteiger partial charge in [-0.3, -0.25) is 4.79 Å². The van der Waals surface area contributed by atoms with E-state index in [-0.39, 0.29) is 11.8 Å². The van der Waals surface area contributed by atoms with E-state index in [2.05, 4.69) is 16.7 Å². The van der Waals surface area contributed by atoms with Crippen molar-refractivity contribution >= 4 is 23.2 Å². The van der Waals surface area contributed by atoms with Crippen LogP contribution in [0.5, 0.6) is 0 Å². The van der Waals surface area contributed by atoms with Crippen LogP contribution in [-0.4, -0.2) is 11.8 Å². The molecule has 0 atom stereocenters. The molecule has 22 heavy (non-hydrogen) atoms. The summed E-state index contributed by atoms with van der Waals surface area (Å²) < 4.78 is 0. The number of amides is 2. The number of ketones is 1. The van der Waals surface area contributed by atoms with Gasteiger partial charge in [-0.1, -0.05) is 6.07 Å². The number of rotatable bonds is 3. The summed E-state index contributed by atoms with van der Waals surface area (Å²) in [5, 5.41) is 5.60. The Balaban J connectivity index is 1.63. The van der Waals surface area contributed by atoms with Gasteiger partial charge in [-0.05, 0) is 73.7 Å². The summed E-state index contributed by atoms with van der Waals surface area (Å²) in [6.07, 6.45) is 3.40. The van der Waals surface area contributed by atoms with Crippen molar-refractivity contribution in [3.8, 4) is 0 Å². The van der Waals surface area contributed by atoms with Crippen molar-refractivity contribution in [1.82, 2.24) is 0 Å². The van der Waals surface area contributed by atoms with Crippen molar-refractivity contribution < 1.29 is 9.59 Å². The number of hydrogen-bond donors (Lipinski definition) is 2. The predicted molar refractivity (Wildman–Crippen MR) is 87.6 cm³/mol. The number of hydrogen-bond acceptors (Lipinski definition) is 2. The van der Waals surface area contributed by atoms with Crippen molar-refractivity contribution in [2.75, 3.05) is 10.6 Å². The Morgan fingerprint density at radius 2 is 1.50 bits per heavy atom. The molecule has 1 aliphatic carbocycles. The molecule has 2 aromatic carbocycles. The van der Waals surface area contributed by atoms with E-state index in [4.69, 9.17) is 0 Å². The Hall–Kier alpha value is -2.62. The van der Waals surface area contributed by atoms with Gasteiger partial charge in [-0.2, -0.15) is 0 Å². The van der Waals surface area contributed by atoms with Crippen molar-refractivity contribution in [2.45, 2.75) is 26.2 Å². The van der Waals surface area contributed by atoms with Gasteiger partial charge in [0.05, 0.1) is 0 Å². The van der Waals surface area contributed by atoms with Crippen LogP contribution in [0.2, 0.25) is 0 Å². The number of fused-ring (bicyclic) bond motifs is 1. The highest BCUT2D eigenvalue weighted by atomic mass is 16.2. The van der Waals surface area contributed by atoms with E-state index >= 15 is 0 Å². The molecule has 0 radical (unpaired) electrons. The number of Topliss-reactive ketones (excluding diaryl/α,β-unsaturated/α-hetero) is 1. The molecule has 0 heterocycles. The average molecular weight is 294 g/mol. The Morgan fingerprint density at radius 3 is 2.23 bits per heavy atom. The van der Waals surface area contributed by atoms with Crippen LogP contribution in [-0.2, 0) is 12.8 Å². The third-order valence-corrected chi connectivity index (χ3v) is 3.91. The van der Waals surface area contributed by atoms with E-state index in [1.54, 1.807) is 24.3 Å². The third kappa shape index (κ3) is 3.17. The molecule has 112 valence electrons. The van der Waals surface area contributed by atoms with E-state index in [1.807, 2.05) is 12.1 Å². The molecule has 0 aromatic heterocycles. The molecule has 2 amide bonds. The summed E-state index contributed by atoms with van der Waals surface area (Å²) in [4.78, 5) is 23.2. The maximum Gasteiger partial charge on any atom is 0.323 e. The van der Waals surface area contributed by atoms with Crippen molar-refractivity contribution in [1.29, 1.82) is 0 Å². The maximum absolute atomic E-state index is 12.0. The lowest BCUT2D eigenvalue weighted by Gasteiger charge is -2.09. The van der Waals surface area contributed by atoms with Crippen LogP contribution in [0, 0.1) is 0 Å². The fourth-order valence-corrected chi connectivity index (χ4v) is 2.73. The molecule has 0 fully saturated rings. The summed E-state index contributed by atoms with van der Waals surface area (Å²) in [6, 6.07) is 12.6. The van der Waals surface area contributed by atoms with E-state index in [0.717, 1.165) is 18.5 Å². The fraction of sp³-hybridized carbons (Fsp3) is 0.222. The second-order valence-corrected chi connectivity index (χ2v) is 5.55. The van der Waals surface area contributed by atoms with E-state index in [9.17, 15) is 9.59 Å². The van der Waals surface area contributed by atoms with Crippen LogP contribution in [0.4, 0.5) is 16.2 Å². The number of carbonyl (C=O) groups excluding carboxylic acids is 2. The normalized spacial score (nSPS) is 12.6. The first-order valence-electron chi connectivity index (χ1n) is 7.42. The Bertz CT molecular complexity index is 720. The van der Waals surface area contributed by atoms with E-state index < -0.39 is 0 Å². The lowest BCUT2D eigenvalue weighted by atomic mass is 10.1. The van der Waals surface area contributed by atoms with E-state index in [1.165, 1.54) is 24.5 Å². The molecule has 4 heteroatoms. The highest BCUT2D eigenvalue weighted by molar-refractivity contribution is 6.00. The highest BCUT2D eigenvalue weighted by Crippen LogP contribution is 2.25. The van der Waals surface area contributed by atoms with Gasteiger partial charge in [-0.15, -0.1) is 0 Å². The Labute approximate surface area is 129 Å². The largest absolute Gasteiger partial charge is 0.323 e. The lowest BCUT2D eigenvalue weighted by molar-refractivity contribution is 0.101. The molecule has 4 nitrogen and oxygen atoms in total. The van der Waals surface area contributed by atoms with Crippen molar-refractivity contribution in [2.24, 2.45) is 0 Å². The minimum atomic E-state index is -0.284. The molecule has 0 saturated carbocycles. The molecule has 0 bridgehead atoms. The smallest absolute Gasteiger partial charge is 0.308 e. The summed E-state index contributed by atoms with van der Waals surface area (Å²) in [5.74, 6) is 0.00847. The zero-order valence-corrected chi connectivity index (χ0v) is 12.5. The van der Waals surface area contributed by atoms with Gasteiger partial charge in [0.25, 0.3) is 0 Å². The summed E-state index contributed by atoms with van der Waals surface area (Å²) in [5.41, 5.74) is 4.79. The molecule has 2 aromatic rings. The summed E-state index contributed by atoms with van der Waals surface area (Å²) in [7, 11) is 0. The number of nitrogens with one attached hydrogen (secondary N) is 2. The molecule has 1 aliphatic rings. The minimum Gasteiger partial charge on any atom is -0.308 e. The fourth-order valence-electron chi connectivity index (χ4n) is 2.73. The van der Waals surface area contributed by atoms with Crippen LogP contribution < -0.4 is 10.6 Å². The number of anilines is 2. The van der Waals surface area contributed by atoms with E-state index in [0.29, 0.717) is 11.3 Å². The first kappa shape index (κ1) is 14.3. The zero-order chi connectivity index (χ0) is 15.5. The first-order chi connectivity index (χ1) is 10.6. The SMILES string of the molecule is CC(=O)c1ccc(NC(=O)Nc2ccc3c(c2)CCC3)cc1. The molecular formula is C18H18N2O2. The lowest BCUT2D eigenvalue weighted by Crippen LogP contribution is -2.19. The zero-order valence-electron chi connectivity index (χ0n) is 12.5. The number of urea groups is 1. The van der Waals surface area contributed by atoms with Gasteiger partial charge in [-0.25, -0.2) is 4.79 Å². The van der Waals surface area contributed by atoms with Crippen molar-refractivity contribution in [3.05, 3.63) is 59.2 Å². The maximum atomic E-state index is 12.0. The van der Waals surface area contributed by atoms with Crippen LogP contribution in [0.25, 0.3) is 0 Å². The number of carbonyl (C=O) groups is 2. The molecular weight excluding hydrogens is 276 g/mol. The second-order valence-electron chi connectivity index (χ2n) is 5.55. The molecule has 0 spiro atoms. The van der Waals surface area contributed by atoms with Gasteiger partial charge >= 0.3 is 6.03 Å². The standard InChI is InChI=1S/C18H18N2O2/c1-12(21)13-5-8-16(9-6-13)19-18(22)20-17-10-7-14-3-2-4-15(14)11-17/h5-11H,2-4H2,1H3,(H2,19,20,22). The molecule has 3 rings (SSSR count). The summed E-state index contributed by atoms with van der Waals surface area (Å²) >= 11 is 0. The van der Waals surface area contributed by atoms with Gasteiger partial charge < -0.3 is 10.6 Å². The number of aryl methyl sites for hydroxylation is 2. The van der Waals surface area contributed by atoms with Gasteiger partial charge in [0, 0.05) is 16.9 Å². The van der Waals surface area contributed by atoms with Gasteiger partial charge in [0.1, 0.15) is 0 Å². The Kier molecular flexibility index (Phi) is 3.92. The van der Waals surface area contributed by atoms with Crippen LogP contribution in [0.1, 0.15) is 34.8 Å². The molecule has 2 N–H and O–H groups in total. The first-order valence-corrected chi connectivity index (χ1v) is 7.42. The van der Waals surface area contributed by atoms with Crippen LogP contribution in [0.3, 0.4) is 0 Å². The van der Waals surface area contributed by atoms with Crippen molar-refractivity contribution in [3.63, 3.8) is 0 Å². The molecule has 0 saturated heterocycles. The highest BCUT2D eigenvalue weighted by Gasteiger charge is 2.11. The topological polar surface area (TPSA) is 58.2 Å². The second kappa shape index (κ2) is 6.02. The van der Waals surface area contributed by atoms with Gasteiger partial charge in [0.15, 0.2) is 5.78 Å². The number of benzene rings is 2. The molecule has 0 aliphatic heterocycles. The predicted octanol–water partition coefficient (Wildman–Crippen LogP) is 4.02. The third-order valence-electron chi connectivity index (χ3n) is 3.91. The van der Waals surface area contributed by atoms with Gasteiger partial charge in [0.2, 0.25) is 0 Å².